The average molecular weight is 235 g/mol. The van der Waals surface area contributed by atoms with Gasteiger partial charge in [-0.25, -0.2) is 3.63 Å². The maximum Gasteiger partial charge on any atom is 0.0421 e. The van der Waals surface area contributed by atoms with Crippen LogP contribution in [0.25, 0.3) is 0 Å². The van der Waals surface area contributed by atoms with Gasteiger partial charge in [0.25, 0.3) is 0 Å². The molecule has 0 saturated heterocycles. The van der Waals surface area contributed by atoms with E-state index < -0.39 is 0 Å². The summed E-state index contributed by atoms with van der Waals surface area (Å²) in [6.45, 7) is 3.87. The van der Waals surface area contributed by atoms with E-state index in [4.69, 9.17) is 26.8 Å². The Kier molecular flexibility index (Phi) is 8.75. The Hall–Kier alpha value is 1.24. The van der Waals surface area contributed by atoms with Gasteiger partial charge >= 0.3 is 0 Å². The molecule has 0 bridgehead atoms. The van der Waals surface area contributed by atoms with Crippen molar-refractivity contribution in [3.8, 4) is 0 Å². The monoisotopic (exact) mass is 234 g/mol. The number of hydrogen-bond acceptors (Lipinski definition) is 3. The highest BCUT2D eigenvalue weighted by Crippen LogP contribution is 2.18. The maximum atomic E-state index is 5.68. The number of halogens is 2. The highest BCUT2D eigenvalue weighted by atomic mass is 35.5. The van der Waals surface area contributed by atoms with Crippen LogP contribution in [0.15, 0.2) is 0 Å². The molecule has 0 aromatic heterocycles. The van der Waals surface area contributed by atoms with Gasteiger partial charge in [-0.15, -0.1) is 23.2 Å². The summed E-state index contributed by atoms with van der Waals surface area (Å²) in [5, 5.41) is 0.322. The zero-order valence-electron chi connectivity index (χ0n) is 6.55. The number of rotatable bonds is 6. The van der Waals surface area contributed by atoms with Gasteiger partial charge in [0.05, 0.1) is 0 Å². The highest BCUT2D eigenvalue weighted by Gasteiger charge is 1.99. The Morgan fingerprint density at radius 2 is 1.45 bits per heavy atom. The summed E-state index contributed by atoms with van der Waals surface area (Å²) >= 11 is 14.1. The Bertz CT molecular complexity index is 80.7. The van der Waals surface area contributed by atoms with Gasteiger partial charge < -0.3 is 0 Å². The third-order valence-corrected chi connectivity index (χ3v) is 3.41. The zero-order valence-corrected chi connectivity index (χ0v) is 9.69. The van der Waals surface area contributed by atoms with E-state index in [0.29, 0.717) is 0 Å². The number of alkyl halides is 2. The third kappa shape index (κ3) is 11.2. The van der Waals surface area contributed by atoms with Gasteiger partial charge in [0.2, 0.25) is 0 Å². The van der Waals surface area contributed by atoms with Crippen molar-refractivity contribution in [2.24, 2.45) is 0 Å². The largest absolute Gasteiger partial charge is 0.247 e. The summed E-state index contributed by atoms with van der Waals surface area (Å²) in [5.74, 6) is 1.62. The molecule has 0 rings (SSSR count). The van der Waals surface area contributed by atoms with Crippen LogP contribution in [0.4, 0.5) is 0 Å². The Morgan fingerprint density at radius 3 is 1.73 bits per heavy atom. The van der Waals surface area contributed by atoms with Gasteiger partial charge in [-0.1, -0.05) is 0 Å². The molecule has 0 aromatic rings. The minimum Gasteiger partial charge on any atom is -0.247 e. The molecule has 0 heterocycles. The molecule has 0 fully saturated rings. The second-order valence-electron chi connectivity index (χ2n) is 2.20. The predicted octanol–water partition coefficient (Wildman–Crippen LogP) is 3.55. The molecule has 0 aliphatic rings. The fraction of sp³-hybridized carbons (Fsp3) is 1.00. The zero-order chi connectivity index (χ0) is 8.69. The molecule has 0 N–H and O–H groups in total. The van der Waals surface area contributed by atoms with Crippen LogP contribution >= 0.6 is 47.3 Å². The lowest BCUT2D eigenvalue weighted by molar-refractivity contribution is 0.752. The van der Waals surface area contributed by atoms with Gasteiger partial charge in [0.1, 0.15) is 0 Å². The van der Waals surface area contributed by atoms with Crippen LogP contribution in [0.5, 0.6) is 0 Å². The molecule has 0 amide bonds. The van der Waals surface area contributed by atoms with Gasteiger partial charge in [-0.3, -0.25) is 0 Å². The lowest BCUT2D eigenvalue weighted by Gasteiger charge is -2.02. The Labute approximate surface area is 86.9 Å². The van der Waals surface area contributed by atoms with Crippen molar-refractivity contribution in [3.63, 3.8) is 0 Å². The summed E-state index contributed by atoms with van der Waals surface area (Å²) in [5.41, 5.74) is 0. The van der Waals surface area contributed by atoms with Crippen molar-refractivity contribution in [1.29, 1.82) is 0 Å². The van der Waals surface area contributed by atoms with Crippen molar-refractivity contribution < 1.29 is 3.63 Å². The van der Waals surface area contributed by atoms with Crippen LogP contribution in [0, 0.1) is 0 Å². The van der Waals surface area contributed by atoms with Crippen molar-refractivity contribution in [3.05, 3.63) is 0 Å². The van der Waals surface area contributed by atoms with E-state index in [-0.39, 0.29) is 10.8 Å². The minimum atomic E-state index is 0.161. The van der Waals surface area contributed by atoms with E-state index in [9.17, 15) is 0 Å². The first-order valence-electron chi connectivity index (χ1n) is 3.32. The average Bonchev–Trinajstić information content (AvgIpc) is 1.85. The fourth-order valence-electron chi connectivity index (χ4n) is 0.277. The second kappa shape index (κ2) is 7.87. The highest BCUT2D eigenvalue weighted by molar-refractivity contribution is 8.07. The first-order chi connectivity index (χ1) is 5.13. The van der Waals surface area contributed by atoms with Crippen LogP contribution in [-0.2, 0) is 3.63 Å². The molecule has 68 valence electrons. The minimum absolute atomic E-state index is 0.161. The van der Waals surface area contributed by atoms with Crippen molar-refractivity contribution in [2.45, 2.75) is 24.6 Å². The standard InChI is InChI=1S/C6H12Cl2OS2/c1-5(7)3-10-9-11-4-6(2)8/h5-6H,3-4H2,1-2H3. The second-order valence-corrected chi connectivity index (χ2v) is 5.37. The molecule has 0 aromatic carbocycles. The van der Waals surface area contributed by atoms with Crippen LogP contribution < -0.4 is 0 Å². The van der Waals surface area contributed by atoms with Gasteiger partial charge in [-0.05, 0) is 13.8 Å². The van der Waals surface area contributed by atoms with E-state index in [1.807, 2.05) is 13.8 Å². The topological polar surface area (TPSA) is 9.23 Å². The van der Waals surface area contributed by atoms with Crippen molar-refractivity contribution >= 4 is 47.3 Å². The summed E-state index contributed by atoms with van der Waals surface area (Å²) in [4.78, 5) is 0. The van der Waals surface area contributed by atoms with Crippen LogP contribution in [-0.4, -0.2) is 22.3 Å². The first kappa shape index (κ1) is 12.2. The smallest absolute Gasteiger partial charge is 0.0421 e. The lowest BCUT2D eigenvalue weighted by Crippen LogP contribution is -1.96. The Morgan fingerprint density at radius 1 is 1.09 bits per heavy atom. The van der Waals surface area contributed by atoms with Gasteiger partial charge in [0, 0.05) is 46.3 Å². The molecule has 0 radical (unpaired) electrons. The molecular formula is C6H12Cl2OS2. The van der Waals surface area contributed by atoms with Crippen LogP contribution in [0.2, 0.25) is 0 Å². The van der Waals surface area contributed by atoms with E-state index in [1.54, 1.807) is 0 Å². The summed E-state index contributed by atoms with van der Waals surface area (Å²) < 4.78 is 5.12. The predicted molar refractivity (Wildman–Crippen MR) is 56.6 cm³/mol. The molecule has 2 atom stereocenters. The van der Waals surface area contributed by atoms with Crippen molar-refractivity contribution in [1.82, 2.24) is 0 Å². The molecule has 0 aliphatic carbocycles. The molecule has 2 unspecified atom stereocenters. The lowest BCUT2D eigenvalue weighted by atomic mass is 10.6. The van der Waals surface area contributed by atoms with Crippen LogP contribution in [0.3, 0.4) is 0 Å². The molecule has 0 spiro atoms. The van der Waals surface area contributed by atoms with Gasteiger partial charge in [0.15, 0.2) is 0 Å². The first-order valence-corrected chi connectivity index (χ1v) is 6.01. The van der Waals surface area contributed by atoms with E-state index >= 15 is 0 Å². The molecule has 1 nitrogen and oxygen atoms in total. The summed E-state index contributed by atoms with van der Waals surface area (Å²) in [6.07, 6.45) is 0. The summed E-state index contributed by atoms with van der Waals surface area (Å²) in [7, 11) is 0. The quantitative estimate of drug-likeness (QED) is 0.396. The van der Waals surface area contributed by atoms with E-state index in [2.05, 4.69) is 0 Å². The molecular weight excluding hydrogens is 223 g/mol. The molecule has 5 heteroatoms. The normalized spacial score (nSPS) is 16.4. The van der Waals surface area contributed by atoms with Crippen molar-refractivity contribution in [2.75, 3.05) is 11.5 Å². The van der Waals surface area contributed by atoms with E-state index in [1.165, 1.54) is 24.1 Å². The Balaban J connectivity index is 2.91. The third-order valence-electron chi connectivity index (χ3n) is 0.692. The SMILES string of the molecule is CC(Cl)CSOSCC(C)Cl. The molecule has 0 saturated carbocycles. The van der Waals surface area contributed by atoms with Crippen LogP contribution in [0.1, 0.15) is 13.8 Å². The molecule has 11 heavy (non-hydrogen) atoms. The fourth-order valence-corrected chi connectivity index (χ4v) is 1.68. The molecule has 0 aliphatic heterocycles. The van der Waals surface area contributed by atoms with Gasteiger partial charge in [-0.2, -0.15) is 0 Å². The maximum absolute atomic E-state index is 5.68. The van der Waals surface area contributed by atoms with E-state index in [0.717, 1.165) is 11.5 Å². The number of hydrogen-bond donors (Lipinski definition) is 0. The summed E-state index contributed by atoms with van der Waals surface area (Å²) in [6, 6.07) is 0.